The Bertz CT molecular complexity index is 197. The molecule has 0 saturated heterocycles. The second kappa shape index (κ2) is 2.32. The number of Topliss-reactive ketones (excluding diaryl/α,β-unsaturated/α-hetero) is 1. The molecule has 0 amide bonds. The van der Waals surface area contributed by atoms with Crippen LogP contribution in [-0.4, -0.2) is 16.9 Å². The highest BCUT2D eigenvalue weighted by atomic mass is 16.4. The van der Waals surface area contributed by atoms with Crippen LogP contribution in [0.1, 0.15) is 26.7 Å². The molecule has 11 heavy (non-hydrogen) atoms. The second-order valence-corrected chi connectivity index (χ2v) is 3.67. The smallest absolute Gasteiger partial charge is 0.309 e. The quantitative estimate of drug-likeness (QED) is 0.650. The molecule has 3 nitrogen and oxygen atoms in total. The van der Waals surface area contributed by atoms with E-state index in [4.69, 9.17) is 5.11 Å². The molecule has 62 valence electrons. The van der Waals surface area contributed by atoms with Crippen molar-refractivity contribution in [2.24, 2.45) is 11.3 Å². The molecule has 0 aromatic rings. The van der Waals surface area contributed by atoms with E-state index in [0.29, 0.717) is 12.8 Å². The van der Waals surface area contributed by atoms with Gasteiger partial charge in [-0.15, -0.1) is 0 Å². The molecule has 1 N–H and O–H groups in total. The first-order chi connectivity index (χ1) is 4.94. The second-order valence-electron chi connectivity index (χ2n) is 3.67. The summed E-state index contributed by atoms with van der Waals surface area (Å²) < 4.78 is 0. The molecular formula is C8H12O3. The lowest BCUT2D eigenvalue weighted by Crippen LogP contribution is -2.41. The van der Waals surface area contributed by atoms with Gasteiger partial charge in [-0.2, -0.15) is 0 Å². The monoisotopic (exact) mass is 156 g/mol. The fraction of sp³-hybridized carbons (Fsp3) is 0.750. The highest BCUT2D eigenvalue weighted by Crippen LogP contribution is 2.39. The van der Waals surface area contributed by atoms with Crippen molar-refractivity contribution in [1.29, 1.82) is 0 Å². The Kier molecular flexibility index (Phi) is 1.74. The Morgan fingerprint density at radius 1 is 1.55 bits per heavy atom. The maximum atomic E-state index is 10.7. The summed E-state index contributed by atoms with van der Waals surface area (Å²) in [4.78, 5) is 21.2. The number of carboxylic acid groups (broad SMARTS) is 1. The van der Waals surface area contributed by atoms with E-state index >= 15 is 0 Å². The van der Waals surface area contributed by atoms with E-state index in [-0.39, 0.29) is 11.7 Å². The number of hydrogen-bond acceptors (Lipinski definition) is 2. The highest BCUT2D eigenvalue weighted by molar-refractivity contribution is 5.87. The van der Waals surface area contributed by atoms with Crippen molar-refractivity contribution in [2.45, 2.75) is 26.7 Å². The van der Waals surface area contributed by atoms with E-state index in [2.05, 4.69) is 0 Å². The summed E-state index contributed by atoms with van der Waals surface area (Å²) in [6.45, 7) is 3.35. The van der Waals surface area contributed by atoms with E-state index in [1.807, 2.05) is 0 Å². The number of ketones is 1. The number of rotatable bonds is 2. The lowest BCUT2D eigenvalue weighted by Gasteiger charge is -2.35. The van der Waals surface area contributed by atoms with Crippen LogP contribution in [0.4, 0.5) is 0 Å². The predicted octanol–water partition coefficient (Wildman–Crippen LogP) is 1.08. The van der Waals surface area contributed by atoms with E-state index in [1.165, 1.54) is 0 Å². The van der Waals surface area contributed by atoms with Crippen molar-refractivity contribution < 1.29 is 14.7 Å². The number of carbonyl (C=O) groups excluding carboxylic acids is 1. The van der Waals surface area contributed by atoms with Gasteiger partial charge in [-0.3, -0.25) is 9.59 Å². The van der Waals surface area contributed by atoms with Gasteiger partial charge in [0.2, 0.25) is 0 Å². The fourth-order valence-electron chi connectivity index (χ4n) is 1.17. The first kappa shape index (κ1) is 8.24. The van der Waals surface area contributed by atoms with Crippen molar-refractivity contribution in [1.82, 2.24) is 0 Å². The Morgan fingerprint density at radius 3 is 2.27 bits per heavy atom. The Balaban J connectivity index is 2.60. The van der Waals surface area contributed by atoms with Crippen molar-refractivity contribution in [2.75, 3.05) is 0 Å². The van der Waals surface area contributed by atoms with Crippen molar-refractivity contribution in [3.8, 4) is 0 Å². The predicted molar refractivity (Wildman–Crippen MR) is 39.1 cm³/mol. The zero-order chi connectivity index (χ0) is 8.65. The van der Waals surface area contributed by atoms with Crippen LogP contribution in [0.25, 0.3) is 0 Å². The van der Waals surface area contributed by atoms with Crippen molar-refractivity contribution in [3.05, 3.63) is 0 Å². The molecule has 0 radical (unpaired) electrons. The molecule has 0 atom stereocenters. The van der Waals surface area contributed by atoms with E-state index in [9.17, 15) is 9.59 Å². The van der Waals surface area contributed by atoms with Gasteiger partial charge < -0.3 is 5.11 Å². The molecule has 1 aliphatic rings. The number of carboxylic acids is 1. The van der Waals surface area contributed by atoms with Gasteiger partial charge >= 0.3 is 5.97 Å². The molecule has 0 heterocycles. The molecule has 0 aromatic heterocycles. The zero-order valence-corrected chi connectivity index (χ0v) is 6.76. The topological polar surface area (TPSA) is 54.4 Å². The van der Waals surface area contributed by atoms with Gasteiger partial charge in [0.15, 0.2) is 0 Å². The minimum atomic E-state index is -0.810. The summed E-state index contributed by atoms with van der Waals surface area (Å²) in [5.41, 5.74) is -0.728. The third kappa shape index (κ3) is 1.27. The lowest BCUT2D eigenvalue weighted by atomic mass is 9.67. The summed E-state index contributed by atoms with van der Waals surface area (Å²) in [7, 11) is 0. The first-order valence-corrected chi connectivity index (χ1v) is 3.69. The number of hydrogen-bond donors (Lipinski definition) is 1. The number of carbonyl (C=O) groups is 2. The molecule has 3 heteroatoms. The van der Waals surface area contributed by atoms with Crippen LogP contribution in [0.5, 0.6) is 0 Å². The maximum Gasteiger partial charge on any atom is 0.309 e. The SMILES string of the molecule is CC(C)(C(=O)O)C1CC(=O)C1. The van der Waals surface area contributed by atoms with Gasteiger partial charge in [-0.25, -0.2) is 0 Å². The van der Waals surface area contributed by atoms with Gasteiger partial charge in [0.1, 0.15) is 5.78 Å². The Labute approximate surface area is 65.4 Å². The third-order valence-electron chi connectivity index (χ3n) is 2.52. The first-order valence-electron chi connectivity index (χ1n) is 3.69. The van der Waals surface area contributed by atoms with E-state index in [1.54, 1.807) is 13.8 Å². The van der Waals surface area contributed by atoms with Gasteiger partial charge in [0.25, 0.3) is 0 Å². The van der Waals surface area contributed by atoms with Crippen molar-refractivity contribution in [3.63, 3.8) is 0 Å². The van der Waals surface area contributed by atoms with Gasteiger partial charge in [-0.1, -0.05) is 0 Å². The van der Waals surface area contributed by atoms with Gasteiger partial charge in [0, 0.05) is 12.8 Å². The molecule has 1 aliphatic carbocycles. The van der Waals surface area contributed by atoms with Crippen LogP contribution in [-0.2, 0) is 9.59 Å². The molecule has 0 bridgehead atoms. The summed E-state index contributed by atoms with van der Waals surface area (Å²) in [6.07, 6.45) is 0.887. The molecule has 0 unspecified atom stereocenters. The van der Waals surface area contributed by atoms with Gasteiger partial charge in [0.05, 0.1) is 5.41 Å². The Hall–Kier alpha value is -0.860. The molecule has 1 rings (SSSR count). The lowest BCUT2D eigenvalue weighted by molar-refractivity contribution is -0.154. The number of aliphatic carboxylic acids is 1. The van der Waals surface area contributed by atoms with Crippen LogP contribution >= 0.6 is 0 Å². The summed E-state index contributed by atoms with van der Waals surface area (Å²) >= 11 is 0. The average Bonchev–Trinajstić information content (AvgIpc) is 1.80. The molecule has 0 aromatic carbocycles. The van der Waals surface area contributed by atoms with E-state index in [0.717, 1.165) is 0 Å². The van der Waals surface area contributed by atoms with Gasteiger partial charge in [-0.05, 0) is 19.8 Å². The van der Waals surface area contributed by atoms with Crippen molar-refractivity contribution >= 4 is 11.8 Å². The summed E-state index contributed by atoms with van der Waals surface area (Å²) in [5.74, 6) is -0.577. The zero-order valence-electron chi connectivity index (χ0n) is 6.76. The van der Waals surface area contributed by atoms with Crippen LogP contribution in [0, 0.1) is 11.3 Å². The largest absolute Gasteiger partial charge is 0.481 e. The summed E-state index contributed by atoms with van der Waals surface area (Å²) in [6, 6.07) is 0. The molecule has 1 saturated carbocycles. The average molecular weight is 156 g/mol. The highest BCUT2D eigenvalue weighted by Gasteiger charge is 2.43. The minimum absolute atomic E-state index is 0.0486. The van der Waals surface area contributed by atoms with Crippen LogP contribution in [0.15, 0.2) is 0 Å². The normalized spacial score (nSPS) is 19.6. The molecule has 0 spiro atoms. The standard InChI is InChI=1S/C8H12O3/c1-8(2,7(10)11)5-3-6(9)4-5/h5H,3-4H2,1-2H3,(H,10,11). The summed E-state index contributed by atoms with van der Waals surface area (Å²) in [5, 5.41) is 8.75. The van der Waals surface area contributed by atoms with Crippen LogP contribution in [0.3, 0.4) is 0 Å². The van der Waals surface area contributed by atoms with Crippen LogP contribution in [0.2, 0.25) is 0 Å². The third-order valence-corrected chi connectivity index (χ3v) is 2.52. The minimum Gasteiger partial charge on any atom is -0.481 e. The molecule has 1 fully saturated rings. The van der Waals surface area contributed by atoms with E-state index < -0.39 is 11.4 Å². The molecule has 0 aliphatic heterocycles. The molecular weight excluding hydrogens is 144 g/mol. The van der Waals surface area contributed by atoms with Crippen LogP contribution < -0.4 is 0 Å². The maximum absolute atomic E-state index is 10.7. The Morgan fingerprint density at radius 2 is 2.00 bits per heavy atom. The fourth-order valence-corrected chi connectivity index (χ4v) is 1.17.